The van der Waals surface area contributed by atoms with Gasteiger partial charge in [0, 0.05) is 23.3 Å². The lowest BCUT2D eigenvalue weighted by Gasteiger charge is -2.30. The third-order valence-electron chi connectivity index (χ3n) is 5.00. The fraction of sp³-hybridized carbons (Fsp3) is 0. The fourth-order valence-corrected chi connectivity index (χ4v) is 3.57. The molecule has 0 fully saturated rings. The van der Waals surface area contributed by atoms with Gasteiger partial charge in [0.2, 0.25) is 0 Å². The molecule has 3 heterocycles. The minimum Gasteiger partial charge on any atom is -0.599 e. The normalized spacial score (nSPS) is 18.1. The minimum absolute atomic E-state index is 0.0258. The highest BCUT2D eigenvalue weighted by Crippen LogP contribution is 2.30. The van der Waals surface area contributed by atoms with Crippen LogP contribution in [0.3, 0.4) is 0 Å². The van der Waals surface area contributed by atoms with Crippen molar-refractivity contribution in [1.82, 2.24) is 0 Å². The van der Waals surface area contributed by atoms with Crippen LogP contribution in [-0.2, 0) is 9.31 Å². The van der Waals surface area contributed by atoms with Gasteiger partial charge in [0.15, 0.2) is 11.4 Å². The van der Waals surface area contributed by atoms with Crippen LogP contribution in [0.5, 0.6) is 0 Å². The minimum atomic E-state index is -4.61. The summed E-state index contributed by atoms with van der Waals surface area (Å²) in [5.41, 5.74) is 1.03. The van der Waals surface area contributed by atoms with Gasteiger partial charge in [-0.2, -0.15) is 0 Å². The quantitative estimate of drug-likeness (QED) is 0.474. The van der Waals surface area contributed by atoms with Crippen molar-refractivity contribution in [2.75, 3.05) is 0 Å². The summed E-state index contributed by atoms with van der Waals surface area (Å²) < 4.78 is 69.6. The molecule has 0 saturated carbocycles. The highest BCUT2D eigenvalue weighted by molar-refractivity contribution is 6.52. The molecule has 5 rings (SSSR count). The highest BCUT2D eigenvalue weighted by Gasteiger charge is 2.56. The summed E-state index contributed by atoms with van der Waals surface area (Å²) in [6.07, 6.45) is 3.47. The Morgan fingerprint density at radius 3 is 1.40 bits per heavy atom. The summed E-state index contributed by atoms with van der Waals surface area (Å²) >= 11 is 0. The summed E-state index contributed by atoms with van der Waals surface area (Å²) in [5, 5.41) is 0. The number of aromatic nitrogens is 2. The lowest BCUT2D eigenvalue weighted by Crippen LogP contribution is -2.73. The van der Waals surface area contributed by atoms with E-state index in [1.807, 2.05) is 0 Å². The molecule has 0 spiro atoms. The van der Waals surface area contributed by atoms with Gasteiger partial charge in [-0.1, -0.05) is 60.7 Å². The second-order valence-electron chi connectivity index (χ2n) is 7.03. The summed E-state index contributed by atoms with van der Waals surface area (Å²) in [4.78, 5) is 0. The predicted octanol–water partition coefficient (Wildman–Crippen LogP) is 3.76. The van der Waals surface area contributed by atoms with E-state index < -0.39 is 14.1 Å². The SMILES string of the molecule is F[B-]1(F)OC(c2ccccc2)=Cc2cc3[n+](c[n+]21)[B-](F)(F)OC(c1ccccc1)=C3. The smallest absolute Gasteiger partial charge is 0.599 e. The number of fused-ring (bicyclic) bond motifs is 2. The summed E-state index contributed by atoms with van der Waals surface area (Å²) in [5.74, 6) is -0.0516. The standard InChI is InChI=1S/C20H14B2F4N2O2/c23-21(24)27-14-28-18(11-17(27)12-19(29-21)15-7-3-1-4-8-15)13-20(30-22(28,25)26)16-9-5-2-6-10-16/h1-14H. The van der Waals surface area contributed by atoms with Gasteiger partial charge in [0.25, 0.3) is 0 Å². The summed E-state index contributed by atoms with van der Waals surface area (Å²) in [6, 6.07) is 18.1. The van der Waals surface area contributed by atoms with E-state index >= 15 is 0 Å². The second kappa shape index (κ2) is 6.48. The van der Waals surface area contributed by atoms with E-state index in [1.165, 1.54) is 18.2 Å². The molecule has 3 aromatic rings. The Kier molecular flexibility index (Phi) is 3.99. The molecule has 0 saturated heterocycles. The predicted molar refractivity (Wildman–Crippen MR) is 104 cm³/mol. The molecule has 2 aromatic carbocycles. The molecule has 0 aliphatic carbocycles. The molecule has 0 N–H and O–H groups in total. The third kappa shape index (κ3) is 3.04. The topological polar surface area (TPSA) is 26.2 Å². The van der Waals surface area contributed by atoms with E-state index in [1.54, 1.807) is 60.7 Å². The Bertz CT molecular complexity index is 1110. The molecule has 0 amide bonds. The number of benzene rings is 2. The number of halogens is 4. The summed E-state index contributed by atoms with van der Waals surface area (Å²) in [6.45, 7) is 0. The van der Waals surface area contributed by atoms with Crippen LogP contribution in [0.15, 0.2) is 73.1 Å². The van der Waals surface area contributed by atoms with Gasteiger partial charge in [-0.25, -0.2) is 0 Å². The zero-order chi connectivity index (χ0) is 20.9. The van der Waals surface area contributed by atoms with Gasteiger partial charge in [0.05, 0.1) is 17.6 Å². The molecular formula is C20H14B2F4N2O2. The Balaban J connectivity index is 1.69. The molecule has 0 radical (unpaired) electrons. The van der Waals surface area contributed by atoms with E-state index in [4.69, 9.17) is 9.31 Å². The Labute approximate surface area is 169 Å². The largest absolute Gasteiger partial charge is 0.838 e. The molecule has 10 heteroatoms. The van der Waals surface area contributed by atoms with Crippen molar-refractivity contribution in [1.29, 1.82) is 0 Å². The highest BCUT2D eigenvalue weighted by atomic mass is 19.3. The van der Waals surface area contributed by atoms with Crippen molar-refractivity contribution >= 4 is 37.7 Å². The zero-order valence-electron chi connectivity index (χ0n) is 15.5. The average molecular weight is 412 g/mol. The van der Waals surface area contributed by atoms with Crippen LogP contribution in [0.4, 0.5) is 17.3 Å². The maximum atomic E-state index is 14.8. The first-order chi connectivity index (χ1) is 14.3. The lowest BCUT2D eigenvalue weighted by atomic mass is 9.95. The van der Waals surface area contributed by atoms with E-state index in [2.05, 4.69) is 0 Å². The van der Waals surface area contributed by atoms with Crippen LogP contribution in [0.1, 0.15) is 22.5 Å². The van der Waals surface area contributed by atoms with Crippen LogP contribution >= 0.6 is 0 Å². The molecule has 2 aliphatic heterocycles. The van der Waals surface area contributed by atoms with Gasteiger partial charge in [-0.15, -0.1) is 0 Å². The van der Waals surface area contributed by atoms with Crippen molar-refractivity contribution in [2.24, 2.45) is 0 Å². The Morgan fingerprint density at radius 2 is 1.00 bits per heavy atom. The van der Waals surface area contributed by atoms with E-state index in [0.717, 1.165) is 0 Å². The molecule has 0 unspecified atom stereocenters. The fourth-order valence-electron chi connectivity index (χ4n) is 3.57. The van der Waals surface area contributed by atoms with Crippen LogP contribution in [0, 0.1) is 0 Å². The van der Waals surface area contributed by atoms with E-state index in [-0.39, 0.29) is 22.9 Å². The van der Waals surface area contributed by atoms with Crippen LogP contribution in [-0.4, -0.2) is 14.1 Å². The first-order valence-electron chi connectivity index (χ1n) is 9.29. The molecule has 4 nitrogen and oxygen atoms in total. The van der Waals surface area contributed by atoms with E-state index in [9.17, 15) is 17.3 Å². The van der Waals surface area contributed by atoms with Crippen molar-refractivity contribution in [3.63, 3.8) is 0 Å². The van der Waals surface area contributed by atoms with Crippen molar-refractivity contribution in [3.8, 4) is 0 Å². The number of hydrogen-bond donors (Lipinski definition) is 0. The monoisotopic (exact) mass is 412 g/mol. The van der Waals surface area contributed by atoms with Crippen LogP contribution < -0.4 is 8.96 Å². The molecule has 0 atom stereocenters. The number of nitrogens with zero attached hydrogens (tertiary/aromatic N) is 2. The number of rotatable bonds is 2. The van der Waals surface area contributed by atoms with Gasteiger partial charge in [-0.05, 0) is 0 Å². The first-order valence-corrected chi connectivity index (χ1v) is 9.29. The molecule has 30 heavy (non-hydrogen) atoms. The van der Waals surface area contributed by atoms with Crippen LogP contribution in [0.25, 0.3) is 23.7 Å². The maximum absolute atomic E-state index is 14.8. The third-order valence-corrected chi connectivity index (χ3v) is 5.00. The van der Waals surface area contributed by atoms with Gasteiger partial charge >= 0.3 is 20.4 Å². The first kappa shape index (κ1) is 18.5. The molecule has 150 valence electrons. The maximum Gasteiger partial charge on any atom is 0.838 e. The molecular weight excluding hydrogens is 398 g/mol. The number of hydrogen-bond acceptors (Lipinski definition) is 2. The van der Waals surface area contributed by atoms with Gasteiger partial charge in [-0.3, -0.25) is 8.96 Å². The van der Waals surface area contributed by atoms with Crippen LogP contribution in [0.2, 0.25) is 0 Å². The summed E-state index contributed by atoms with van der Waals surface area (Å²) in [7, 11) is -9.22. The second-order valence-corrected chi connectivity index (χ2v) is 7.03. The van der Waals surface area contributed by atoms with Crippen molar-refractivity contribution in [3.05, 3.63) is 95.6 Å². The van der Waals surface area contributed by atoms with Crippen molar-refractivity contribution in [2.45, 2.75) is 0 Å². The Hall–Kier alpha value is -3.55. The van der Waals surface area contributed by atoms with Gasteiger partial charge < -0.3 is 26.6 Å². The van der Waals surface area contributed by atoms with Crippen molar-refractivity contribution < 1.29 is 35.5 Å². The van der Waals surface area contributed by atoms with E-state index in [0.29, 0.717) is 26.4 Å². The average Bonchev–Trinajstić information content (AvgIpc) is 2.73. The Morgan fingerprint density at radius 1 is 0.600 bits per heavy atom. The zero-order valence-corrected chi connectivity index (χ0v) is 15.5. The van der Waals surface area contributed by atoms with Gasteiger partial charge in [0.1, 0.15) is 0 Å². The molecule has 2 aliphatic rings. The molecule has 1 aromatic heterocycles. The lowest BCUT2D eigenvalue weighted by molar-refractivity contribution is -0.719. The molecule has 0 bridgehead atoms.